The highest BCUT2D eigenvalue weighted by atomic mass is 35.5. The molecule has 0 radical (unpaired) electrons. The second-order valence-electron chi connectivity index (χ2n) is 7.12. The third-order valence-corrected chi connectivity index (χ3v) is 5.28. The minimum atomic E-state index is -0.220. The lowest BCUT2D eigenvalue weighted by molar-refractivity contribution is 0.0909. The molecule has 6 heteroatoms. The molecule has 1 heterocycles. The molecule has 5 nitrogen and oxygen atoms in total. The topological polar surface area (TPSA) is 60.3 Å². The van der Waals surface area contributed by atoms with E-state index in [1.165, 1.54) is 17.1 Å². The van der Waals surface area contributed by atoms with Crippen molar-refractivity contribution in [1.82, 2.24) is 9.88 Å². The number of carbonyl (C=O) groups is 1. The quantitative estimate of drug-likeness (QED) is 0.816. The van der Waals surface area contributed by atoms with Gasteiger partial charge < -0.3 is 14.6 Å². The summed E-state index contributed by atoms with van der Waals surface area (Å²) in [5, 5.41) is 3.61. The fourth-order valence-corrected chi connectivity index (χ4v) is 3.77. The summed E-state index contributed by atoms with van der Waals surface area (Å²) >= 11 is 6.08. The van der Waals surface area contributed by atoms with Crippen LogP contribution in [0.25, 0.3) is 0 Å². The molecule has 144 valence electrons. The number of amides is 1. The van der Waals surface area contributed by atoms with E-state index in [1.54, 1.807) is 24.3 Å². The van der Waals surface area contributed by atoms with Crippen LogP contribution in [-0.4, -0.2) is 23.1 Å². The molecule has 0 spiro atoms. The predicted octanol–water partition coefficient (Wildman–Crippen LogP) is 3.89. The van der Waals surface area contributed by atoms with Gasteiger partial charge in [0.05, 0.1) is 11.6 Å². The van der Waals surface area contributed by atoms with Gasteiger partial charge in [0.25, 0.3) is 11.5 Å². The number of rotatable bonds is 6. The Labute approximate surface area is 164 Å². The van der Waals surface area contributed by atoms with Gasteiger partial charge in [-0.25, -0.2) is 0 Å². The van der Waals surface area contributed by atoms with Gasteiger partial charge in [-0.05, 0) is 37.0 Å². The molecule has 1 fully saturated rings. The predicted molar refractivity (Wildman–Crippen MR) is 107 cm³/mol. The van der Waals surface area contributed by atoms with Crippen molar-refractivity contribution in [2.24, 2.45) is 5.92 Å². The summed E-state index contributed by atoms with van der Waals surface area (Å²) in [4.78, 5) is 25.0. The highest BCUT2D eigenvalue weighted by Gasteiger charge is 2.22. The Bertz CT molecular complexity index is 849. The molecule has 1 aromatic carbocycles. The van der Waals surface area contributed by atoms with Crippen molar-refractivity contribution in [2.75, 3.05) is 6.61 Å². The Morgan fingerprint density at radius 2 is 2.04 bits per heavy atom. The van der Waals surface area contributed by atoms with Crippen LogP contribution in [0.4, 0.5) is 0 Å². The molecule has 1 saturated carbocycles. The van der Waals surface area contributed by atoms with E-state index in [2.05, 4.69) is 12.2 Å². The summed E-state index contributed by atoms with van der Waals surface area (Å²) in [7, 11) is 0. The molecular weight excluding hydrogens is 364 g/mol. The first-order chi connectivity index (χ1) is 13.0. The Morgan fingerprint density at radius 1 is 1.22 bits per heavy atom. The van der Waals surface area contributed by atoms with Crippen LogP contribution in [0, 0.1) is 5.92 Å². The van der Waals surface area contributed by atoms with E-state index in [0.29, 0.717) is 22.4 Å². The number of ether oxygens (including phenoxy) is 1. The van der Waals surface area contributed by atoms with Crippen LogP contribution in [0.3, 0.4) is 0 Å². The van der Waals surface area contributed by atoms with E-state index < -0.39 is 0 Å². The van der Waals surface area contributed by atoms with Gasteiger partial charge in [-0.1, -0.05) is 49.6 Å². The molecule has 2 atom stereocenters. The van der Waals surface area contributed by atoms with E-state index in [0.717, 1.165) is 19.3 Å². The molecule has 27 heavy (non-hydrogen) atoms. The Balaban J connectivity index is 1.67. The molecule has 1 aliphatic rings. The van der Waals surface area contributed by atoms with Crippen LogP contribution >= 0.6 is 11.6 Å². The zero-order valence-corrected chi connectivity index (χ0v) is 16.2. The molecule has 3 rings (SSSR count). The van der Waals surface area contributed by atoms with Crippen LogP contribution in [0.15, 0.2) is 47.3 Å². The van der Waals surface area contributed by atoms with Crippen LogP contribution < -0.4 is 15.6 Å². The van der Waals surface area contributed by atoms with Gasteiger partial charge in [0.15, 0.2) is 0 Å². The molecule has 0 unspecified atom stereocenters. The lowest BCUT2D eigenvalue weighted by Crippen LogP contribution is -2.40. The van der Waals surface area contributed by atoms with E-state index in [1.807, 2.05) is 12.1 Å². The van der Waals surface area contributed by atoms with E-state index in [-0.39, 0.29) is 30.7 Å². The number of hydrogen-bond donors (Lipinski definition) is 1. The minimum Gasteiger partial charge on any atom is -0.490 e. The highest BCUT2D eigenvalue weighted by molar-refractivity contribution is 6.32. The van der Waals surface area contributed by atoms with Crippen molar-refractivity contribution in [3.8, 4) is 5.75 Å². The van der Waals surface area contributed by atoms with Crippen LogP contribution in [0.5, 0.6) is 5.75 Å². The van der Waals surface area contributed by atoms with Gasteiger partial charge in [0, 0.05) is 12.1 Å². The molecule has 0 aliphatic heterocycles. The number of benzene rings is 1. The van der Waals surface area contributed by atoms with Gasteiger partial charge in [0.2, 0.25) is 0 Å². The van der Waals surface area contributed by atoms with Crippen LogP contribution in [0.1, 0.15) is 43.1 Å². The van der Waals surface area contributed by atoms with Crippen molar-refractivity contribution in [2.45, 2.75) is 45.2 Å². The fourth-order valence-electron chi connectivity index (χ4n) is 3.58. The van der Waals surface area contributed by atoms with Gasteiger partial charge in [0.1, 0.15) is 18.1 Å². The second kappa shape index (κ2) is 9.09. The van der Waals surface area contributed by atoms with Gasteiger partial charge in [-0.15, -0.1) is 0 Å². The van der Waals surface area contributed by atoms with Crippen LogP contribution in [0.2, 0.25) is 5.02 Å². The highest BCUT2D eigenvalue weighted by Crippen LogP contribution is 2.24. The third kappa shape index (κ3) is 5.13. The van der Waals surface area contributed by atoms with Gasteiger partial charge >= 0.3 is 0 Å². The summed E-state index contributed by atoms with van der Waals surface area (Å²) in [5.41, 5.74) is 0.144. The van der Waals surface area contributed by atoms with Crippen molar-refractivity contribution < 1.29 is 9.53 Å². The maximum Gasteiger partial charge on any atom is 0.268 e. The number of nitrogens with one attached hydrogen (secondary N) is 1. The van der Waals surface area contributed by atoms with E-state index in [4.69, 9.17) is 16.3 Å². The van der Waals surface area contributed by atoms with Gasteiger partial charge in [-0.2, -0.15) is 0 Å². The monoisotopic (exact) mass is 388 g/mol. The number of para-hydroxylation sites is 1. The average Bonchev–Trinajstić information content (AvgIpc) is 2.64. The van der Waals surface area contributed by atoms with Crippen molar-refractivity contribution in [3.05, 3.63) is 63.5 Å². The number of nitrogens with zero attached hydrogens (tertiary/aromatic N) is 1. The Kier molecular flexibility index (Phi) is 6.56. The smallest absolute Gasteiger partial charge is 0.268 e. The van der Waals surface area contributed by atoms with Crippen molar-refractivity contribution in [1.29, 1.82) is 0 Å². The van der Waals surface area contributed by atoms with E-state index in [9.17, 15) is 9.59 Å². The number of halogens is 1. The number of pyridine rings is 1. The summed E-state index contributed by atoms with van der Waals surface area (Å²) in [6, 6.07) is 12.1. The van der Waals surface area contributed by atoms with E-state index >= 15 is 0 Å². The number of carbonyl (C=O) groups excluding carboxylic acids is 1. The molecule has 0 saturated heterocycles. The first-order valence-corrected chi connectivity index (χ1v) is 9.80. The summed E-state index contributed by atoms with van der Waals surface area (Å²) in [6.45, 7) is 2.73. The number of aromatic nitrogens is 1. The largest absolute Gasteiger partial charge is 0.490 e. The summed E-state index contributed by atoms with van der Waals surface area (Å²) < 4.78 is 7.13. The number of hydrogen-bond acceptors (Lipinski definition) is 3. The minimum absolute atomic E-state index is 0.171. The molecule has 1 amide bonds. The van der Waals surface area contributed by atoms with Crippen molar-refractivity contribution in [3.63, 3.8) is 0 Å². The molecule has 1 N–H and O–H groups in total. The normalized spacial score (nSPS) is 19.5. The first-order valence-electron chi connectivity index (χ1n) is 9.42. The summed E-state index contributed by atoms with van der Waals surface area (Å²) in [6.07, 6.45) is 4.31. The lowest BCUT2D eigenvalue weighted by Gasteiger charge is -2.27. The molecular formula is C21H25ClN2O3. The zero-order valence-electron chi connectivity index (χ0n) is 15.5. The zero-order chi connectivity index (χ0) is 19.2. The molecule has 2 aromatic rings. The SMILES string of the molecule is C[C@H]1CCC[C@@H](NC(=O)c2cccc(=O)n2CCOc2ccccc2Cl)C1. The standard InChI is InChI=1S/C21H25ClN2O3/c1-15-6-4-7-16(14-15)23-21(26)18-9-5-11-20(25)24(18)12-13-27-19-10-3-2-8-17(19)22/h2-3,5,8-11,15-16H,4,6-7,12-14H2,1H3,(H,23,26)/t15-,16+/m0/s1. The maximum absolute atomic E-state index is 12.7. The van der Waals surface area contributed by atoms with Gasteiger partial charge in [-0.3, -0.25) is 9.59 Å². The van der Waals surface area contributed by atoms with Crippen molar-refractivity contribution >= 4 is 17.5 Å². The third-order valence-electron chi connectivity index (χ3n) is 4.96. The molecule has 1 aromatic heterocycles. The maximum atomic E-state index is 12.7. The second-order valence-corrected chi connectivity index (χ2v) is 7.53. The first kappa shape index (κ1) is 19.5. The molecule has 1 aliphatic carbocycles. The Hall–Kier alpha value is -2.27. The lowest BCUT2D eigenvalue weighted by atomic mass is 9.87. The fraction of sp³-hybridized carbons (Fsp3) is 0.429. The van der Waals surface area contributed by atoms with Crippen LogP contribution in [-0.2, 0) is 6.54 Å². The molecule has 0 bridgehead atoms. The Morgan fingerprint density at radius 3 is 2.81 bits per heavy atom. The average molecular weight is 389 g/mol. The summed E-state index contributed by atoms with van der Waals surface area (Å²) in [5.74, 6) is 0.973.